The summed E-state index contributed by atoms with van der Waals surface area (Å²) in [5, 5.41) is 3.43. The summed E-state index contributed by atoms with van der Waals surface area (Å²) in [7, 11) is 0. The number of rotatable bonds is 8. The normalized spacial score (nSPS) is 11.1. The monoisotopic (exact) mass is 361 g/mol. The molecular weight excluding hydrogens is 338 g/mol. The molecule has 0 saturated carbocycles. The van der Waals surface area contributed by atoms with Gasteiger partial charge < -0.3 is 14.3 Å². The predicted molar refractivity (Wildman–Crippen MR) is 107 cm³/mol. The Balaban J connectivity index is 1.55. The van der Waals surface area contributed by atoms with Gasteiger partial charge in [0.25, 0.3) is 0 Å². The van der Waals surface area contributed by atoms with Gasteiger partial charge in [-0.05, 0) is 37.0 Å². The smallest absolute Gasteiger partial charge is 0.178 e. The van der Waals surface area contributed by atoms with Crippen molar-refractivity contribution in [3.8, 4) is 11.6 Å². The molecular formula is C21H23N5O. The minimum absolute atomic E-state index is 0.747. The molecule has 0 saturated heterocycles. The number of hydrogen-bond donors (Lipinski definition) is 1. The maximum absolute atomic E-state index is 5.57. The molecule has 0 aliphatic heterocycles. The maximum atomic E-state index is 5.57. The van der Waals surface area contributed by atoms with Crippen molar-refractivity contribution in [2.75, 3.05) is 11.9 Å². The molecule has 6 heteroatoms. The summed E-state index contributed by atoms with van der Waals surface area (Å²) >= 11 is 0. The second-order valence-electron chi connectivity index (χ2n) is 6.47. The Morgan fingerprint density at radius 3 is 2.74 bits per heavy atom. The van der Waals surface area contributed by atoms with Gasteiger partial charge in [0.2, 0.25) is 0 Å². The molecule has 0 amide bonds. The Kier molecular flexibility index (Phi) is 5.14. The van der Waals surface area contributed by atoms with Gasteiger partial charge in [-0.1, -0.05) is 37.3 Å². The molecule has 0 fully saturated rings. The Labute approximate surface area is 158 Å². The summed E-state index contributed by atoms with van der Waals surface area (Å²) in [6.07, 6.45) is 6.31. The average Bonchev–Trinajstić information content (AvgIpc) is 3.35. The van der Waals surface area contributed by atoms with Crippen molar-refractivity contribution in [1.82, 2.24) is 19.5 Å². The highest BCUT2D eigenvalue weighted by atomic mass is 16.3. The zero-order valence-electron chi connectivity index (χ0n) is 15.4. The third-order valence-electron chi connectivity index (χ3n) is 4.50. The summed E-state index contributed by atoms with van der Waals surface area (Å²) in [4.78, 5) is 13.7. The first kappa shape index (κ1) is 17.3. The first-order chi connectivity index (χ1) is 13.4. The van der Waals surface area contributed by atoms with Crippen LogP contribution in [0.4, 0.5) is 5.82 Å². The SMILES string of the molecule is CCCn1c(-c2ccco2)nc2c(NCCCc3ccccc3)ncnc21. The number of aryl methyl sites for hydroxylation is 2. The van der Waals surface area contributed by atoms with Crippen molar-refractivity contribution in [2.45, 2.75) is 32.7 Å². The highest BCUT2D eigenvalue weighted by molar-refractivity contribution is 5.85. The van der Waals surface area contributed by atoms with Crippen molar-refractivity contribution < 1.29 is 4.42 Å². The summed E-state index contributed by atoms with van der Waals surface area (Å²) in [6.45, 7) is 3.80. The number of hydrogen-bond acceptors (Lipinski definition) is 5. The number of anilines is 1. The molecule has 0 bridgehead atoms. The van der Waals surface area contributed by atoms with Crippen LogP contribution in [0.5, 0.6) is 0 Å². The van der Waals surface area contributed by atoms with E-state index in [1.807, 2.05) is 18.2 Å². The maximum Gasteiger partial charge on any atom is 0.178 e. The van der Waals surface area contributed by atoms with E-state index in [2.05, 4.69) is 51.0 Å². The molecule has 0 spiro atoms. The van der Waals surface area contributed by atoms with Crippen LogP contribution >= 0.6 is 0 Å². The first-order valence-corrected chi connectivity index (χ1v) is 9.39. The van der Waals surface area contributed by atoms with Gasteiger partial charge in [-0.2, -0.15) is 0 Å². The van der Waals surface area contributed by atoms with Crippen molar-refractivity contribution >= 4 is 17.0 Å². The largest absolute Gasteiger partial charge is 0.461 e. The van der Waals surface area contributed by atoms with Crippen molar-refractivity contribution in [3.05, 3.63) is 60.6 Å². The quantitative estimate of drug-likeness (QED) is 0.467. The highest BCUT2D eigenvalue weighted by Crippen LogP contribution is 2.27. The van der Waals surface area contributed by atoms with Crippen LogP contribution in [0.25, 0.3) is 22.7 Å². The van der Waals surface area contributed by atoms with E-state index in [-0.39, 0.29) is 0 Å². The lowest BCUT2D eigenvalue weighted by Crippen LogP contribution is -2.06. The first-order valence-electron chi connectivity index (χ1n) is 9.39. The number of nitrogens with one attached hydrogen (secondary N) is 1. The lowest BCUT2D eigenvalue weighted by atomic mass is 10.1. The number of aromatic nitrogens is 4. The molecule has 4 rings (SSSR count). The van der Waals surface area contributed by atoms with E-state index < -0.39 is 0 Å². The van der Waals surface area contributed by atoms with E-state index in [9.17, 15) is 0 Å². The lowest BCUT2D eigenvalue weighted by Gasteiger charge is -2.07. The fraction of sp³-hybridized carbons (Fsp3) is 0.286. The standard InChI is InChI=1S/C21H23N5O/c1-2-13-26-20(17-11-7-14-27-17)25-18-19(23-15-24-21(18)26)22-12-6-10-16-8-4-3-5-9-16/h3-5,7-9,11,14-15H,2,6,10,12-13H2,1H3,(H,22,23,24). The minimum atomic E-state index is 0.747. The molecule has 1 N–H and O–H groups in total. The fourth-order valence-electron chi connectivity index (χ4n) is 3.24. The molecule has 1 aromatic carbocycles. The van der Waals surface area contributed by atoms with Crippen LogP contribution in [-0.4, -0.2) is 26.1 Å². The topological polar surface area (TPSA) is 68.8 Å². The predicted octanol–water partition coefficient (Wildman–Crippen LogP) is 4.54. The van der Waals surface area contributed by atoms with Crippen LogP contribution in [0.1, 0.15) is 25.3 Å². The number of fused-ring (bicyclic) bond motifs is 1. The van der Waals surface area contributed by atoms with Crippen molar-refractivity contribution in [2.24, 2.45) is 0 Å². The van der Waals surface area contributed by atoms with Crippen LogP contribution < -0.4 is 5.32 Å². The summed E-state index contributed by atoms with van der Waals surface area (Å²) in [5.41, 5.74) is 2.97. The fourth-order valence-corrected chi connectivity index (χ4v) is 3.24. The second kappa shape index (κ2) is 8.03. The highest BCUT2D eigenvalue weighted by Gasteiger charge is 2.18. The Morgan fingerprint density at radius 1 is 1.07 bits per heavy atom. The number of benzene rings is 1. The zero-order chi connectivity index (χ0) is 18.5. The summed E-state index contributed by atoms with van der Waals surface area (Å²) in [5.74, 6) is 2.32. The van der Waals surface area contributed by atoms with Crippen LogP contribution in [0.2, 0.25) is 0 Å². The third kappa shape index (κ3) is 3.69. The summed E-state index contributed by atoms with van der Waals surface area (Å²) in [6, 6.07) is 14.3. The van der Waals surface area contributed by atoms with Crippen LogP contribution in [-0.2, 0) is 13.0 Å². The van der Waals surface area contributed by atoms with Gasteiger partial charge in [0.1, 0.15) is 6.33 Å². The van der Waals surface area contributed by atoms with Gasteiger partial charge >= 0.3 is 0 Å². The van der Waals surface area contributed by atoms with Gasteiger partial charge in [-0.15, -0.1) is 0 Å². The molecule has 138 valence electrons. The molecule has 0 aliphatic carbocycles. The van der Waals surface area contributed by atoms with Gasteiger partial charge in [-0.3, -0.25) is 0 Å². The van der Waals surface area contributed by atoms with Crippen molar-refractivity contribution in [1.29, 1.82) is 0 Å². The van der Waals surface area contributed by atoms with E-state index in [0.717, 1.165) is 60.9 Å². The lowest BCUT2D eigenvalue weighted by molar-refractivity contribution is 0.568. The average molecular weight is 361 g/mol. The van der Waals surface area contributed by atoms with Gasteiger partial charge in [-0.25, -0.2) is 15.0 Å². The molecule has 3 heterocycles. The molecule has 4 aromatic rings. The second-order valence-corrected chi connectivity index (χ2v) is 6.47. The third-order valence-corrected chi connectivity index (χ3v) is 4.50. The number of imidazole rings is 1. The minimum Gasteiger partial charge on any atom is -0.461 e. The van der Waals surface area contributed by atoms with Gasteiger partial charge in [0.15, 0.2) is 28.6 Å². The molecule has 6 nitrogen and oxygen atoms in total. The van der Waals surface area contributed by atoms with E-state index in [0.29, 0.717) is 0 Å². The molecule has 0 aliphatic rings. The van der Waals surface area contributed by atoms with Crippen LogP contribution in [0.3, 0.4) is 0 Å². The number of nitrogens with zero attached hydrogens (tertiary/aromatic N) is 4. The van der Waals surface area contributed by atoms with E-state index in [1.165, 1.54) is 5.56 Å². The number of furan rings is 1. The molecule has 3 aromatic heterocycles. The van der Waals surface area contributed by atoms with Gasteiger partial charge in [0, 0.05) is 13.1 Å². The van der Waals surface area contributed by atoms with E-state index in [4.69, 9.17) is 9.40 Å². The zero-order valence-corrected chi connectivity index (χ0v) is 15.4. The Hall–Kier alpha value is -3.15. The van der Waals surface area contributed by atoms with E-state index in [1.54, 1.807) is 12.6 Å². The molecule has 0 unspecified atom stereocenters. The van der Waals surface area contributed by atoms with E-state index >= 15 is 0 Å². The van der Waals surface area contributed by atoms with Gasteiger partial charge in [0.05, 0.1) is 6.26 Å². The summed E-state index contributed by atoms with van der Waals surface area (Å²) < 4.78 is 7.67. The van der Waals surface area contributed by atoms with Crippen molar-refractivity contribution in [3.63, 3.8) is 0 Å². The Morgan fingerprint density at radius 2 is 1.96 bits per heavy atom. The molecule has 0 radical (unpaired) electrons. The van der Waals surface area contributed by atoms with Crippen LogP contribution in [0.15, 0.2) is 59.5 Å². The Bertz CT molecular complexity index is 992. The van der Waals surface area contributed by atoms with Crippen LogP contribution in [0, 0.1) is 0 Å². The molecule has 0 atom stereocenters. The molecule has 27 heavy (non-hydrogen) atoms.